The number of nitrogens with two attached hydrogens (primary N) is 1. The lowest BCUT2D eigenvalue weighted by Gasteiger charge is -2.24. The summed E-state index contributed by atoms with van der Waals surface area (Å²) in [6.07, 6.45) is -1.87. The zero-order valence-corrected chi connectivity index (χ0v) is 5.82. The van der Waals surface area contributed by atoms with E-state index in [4.69, 9.17) is 5.73 Å². The number of rotatable bonds is 3. The van der Waals surface area contributed by atoms with Gasteiger partial charge in [-0.1, -0.05) is 13.8 Å². The minimum atomic E-state index is -2.30. The topological polar surface area (TPSA) is 26.0 Å². The third kappa shape index (κ3) is 1.90. The lowest BCUT2D eigenvalue weighted by Crippen LogP contribution is -2.33. The average molecular weight is 137 g/mol. The Labute approximate surface area is 54.2 Å². The van der Waals surface area contributed by atoms with Gasteiger partial charge in [0.05, 0.1) is 0 Å². The van der Waals surface area contributed by atoms with Crippen molar-refractivity contribution < 1.29 is 8.78 Å². The van der Waals surface area contributed by atoms with Crippen molar-refractivity contribution in [2.75, 3.05) is 6.54 Å². The Morgan fingerprint density at radius 1 is 1.56 bits per heavy atom. The molecule has 2 N–H and O–H groups in total. The number of hydrogen-bond acceptors (Lipinski definition) is 1. The Morgan fingerprint density at radius 3 is 2.00 bits per heavy atom. The van der Waals surface area contributed by atoms with Crippen molar-refractivity contribution in [3.05, 3.63) is 0 Å². The van der Waals surface area contributed by atoms with Gasteiger partial charge in [-0.3, -0.25) is 0 Å². The summed E-state index contributed by atoms with van der Waals surface area (Å²) in [6.45, 7) is 3.28. The molecule has 3 heteroatoms. The molecule has 0 aromatic rings. The smallest absolute Gasteiger partial charge is 0.245 e. The molecule has 0 aliphatic rings. The third-order valence-electron chi connectivity index (χ3n) is 1.80. The van der Waals surface area contributed by atoms with E-state index in [2.05, 4.69) is 0 Å². The molecule has 0 fully saturated rings. The predicted octanol–water partition coefficient (Wildman–Crippen LogP) is 1.63. The Kier molecular flexibility index (Phi) is 3.04. The van der Waals surface area contributed by atoms with E-state index in [1.807, 2.05) is 0 Å². The molecule has 0 spiro atoms. The van der Waals surface area contributed by atoms with Crippen LogP contribution < -0.4 is 5.73 Å². The fourth-order valence-electron chi connectivity index (χ4n) is 0.388. The molecule has 0 heterocycles. The lowest BCUT2D eigenvalue weighted by molar-refractivity contribution is 0.0106. The second-order valence-electron chi connectivity index (χ2n) is 2.51. The highest BCUT2D eigenvalue weighted by Gasteiger charge is 2.30. The summed E-state index contributed by atoms with van der Waals surface area (Å²) in [5.74, 6) is 0. The molecule has 1 atom stereocenters. The molecule has 9 heavy (non-hydrogen) atoms. The first-order chi connectivity index (χ1) is 4.06. The van der Waals surface area contributed by atoms with Gasteiger partial charge in [0.1, 0.15) is 0 Å². The van der Waals surface area contributed by atoms with E-state index in [1.165, 1.54) is 6.92 Å². The SMILES string of the molecule is CCC(C)(CN)C(F)F. The molecule has 0 bridgehead atoms. The Bertz CT molecular complexity index is 79.1. The number of hydrogen-bond donors (Lipinski definition) is 1. The molecule has 0 radical (unpaired) electrons. The second-order valence-corrected chi connectivity index (χ2v) is 2.51. The van der Waals surface area contributed by atoms with E-state index in [-0.39, 0.29) is 6.54 Å². The Hall–Kier alpha value is -0.180. The van der Waals surface area contributed by atoms with Crippen LogP contribution in [0.4, 0.5) is 8.78 Å². The van der Waals surface area contributed by atoms with Gasteiger partial charge in [-0.15, -0.1) is 0 Å². The van der Waals surface area contributed by atoms with E-state index in [9.17, 15) is 8.78 Å². The first-order valence-corrected chi connectivity index (χ1v) is 3.05. The van der Waals surface area contributed by atoms with Crippen molar-refractivity contribution in [1.82, 2.24) is 0 Å². The van der Waals surface area contributed by atoms with Gasteiger partial charge in [0.25, 0.3) is 0 Å². The van der Waals surface area contributed by atoms with Crippen molar-refractivity contribution in [1.29, 1.82) is 0 Å². The number of halogens is 2. The quantitative estimate of drug-likeness (QED) is 0.628. The fourth-order valence-corrected chi connectivity index (χ4v) is 0.388. The van der Waals surface area contributed by atoms with Crippen LogP contribution in [-0.4, -0.2) is 13.0 Å². The zero-order valence-electron chi connectivity index (χ0n) is 5.82. The Balaban J connectivity index is 3.92. The Morgan fingerprint density at radius 2 is 2.00 bits per heavy atom. The van der Waals surface area contributed by atoms with Crippen molar-refractivity contribution in [2.45, 2.75) is 26.7 Å². The van der Waals surface area contributed by atoms with E-state index < -0.39 is 11.8 Å². The van der Waals surface area contributed by atoms with E-state index >= 15 is 0 Å². The van der Waals surface area contributed by atoms with Crippen molar-refractivity contribution in [3.63, 3.8) is 0 Å². The minimum Gasteiger partial charge on any atom is -0.330 e. The molecule has 0 rings (SSSR count). The molecule has 0 aromatic carbocycles. The van der Waals surface area contributed by atoms with Crippen LogP contribution in [0.3, 0.4) is 0 Å². The van der Waals surface area contributed by atoms with Crippen LogP contribution in [0.15, 0.2) is 0 Å². The van der Waals surface area contributed by atoms with Crippen LogP contribution in [0.25, 0.3) is 0 Å². The second kappa shape index (κ2) is 3.11. The van der Waals surface area contributed by atoms with Crippen molar-refractivity contribution in [2.24, 2.45) is 11.1 Å². The van der Waals surface area contributed by atoms with Crippen molar-refractivity contribution in [3.8, 4) is 0 Å². The molecule has 1 unspecified atom stereocenters. The maximum absolute atomic E-state index is 12.0. The largest absolute Gasteiger partial charge is 0.330 e. The van der Waals surface area contributed by atoms with Gasteiger partial charge in [0.2, 0.25) is 6.43 Å². The fraction of sp³-hybridized carbons (Fsp3) is 1.00. The number of alkyl halides is 2. The van der Waals surface area contributed by atoms with E-state index in [1.54, 1.807) is 6.92 Å². The van der Waals surface area contributed by atoms with E-state index in [0.29, 0.717) is 6.42 Å². The highest BCUT2D eigenvalue weighted by molar-refractivity contribution is 4.75. The van der Waals surface area contributed by atoms with Crippen LogP contribution in [0.5, 0.6) is 0 Å². The molecule has 0 aliphatic carbocycles. The minimum absolute atomic E-state index is 0.0567. The summed E-state index contributed by atoms with van der Waals surface area (Å²) in [5.41, 5.74) is 4.17. The molecule has 0 saturated heterocycles. The molecule has 0 amide bonds. The van der Waals surface area contributed by atoms with Crippen LogP contribution in [0, 0.1) is 5.41 Å². The highest BCUT2D eigenvalue weighted by Crippen LogP contribution is 2.27. The summed E-state index contributed by atoms with van der Waals surface area (Å²) < 4.78 is 24.0. The van der Waals surface area contributed by atoms with Crippen LogP contribution in [0.2, 0.25) is 0 Å². The summed E-state index contributed by atoms with van der Waals surface area (Å²) >= 11 is 0. The summed E-state index contributed by atoms with van der Waals surface area (Å²) in [7, 11) is 0. The summed E-state index contributed by atoms with van der Waals surface area (Å²) in [4.78, 5) is 0. The predicted molar refractivity (Wildman–Crippen MR) is 33.5 cm³/mol. The molecule has 56 valence electrons. The zero-order chi connectivity index (χ0) is 7.49. The normalized spacial score (nSPS) is 18.0. The van der Waals surface area contributed by atoms with Crippen LogP contribution in [-0.2, 0) is 0 Å². The molecule has 1 nitrogen and oxygen atoms in total. The molecule has 0 aromatic heterocycles. The van der Waals surface area contributed by atoms with Gasteiger partial charge in [-0.05, 0) is 6.42 Å². The third-order valence-corrected chi connectivity index (χ3v) is 1.80. The molecule has 0 saturated carbocycles. The first-order valence-electron chi connectivity index (χ1n) is 3.05. The monoisotopic (exact) mass is 137 g/mol. The summed E-state index contributed by atoms with van der Waals surface area (Å²) in [6, 6.07) is 0. The average Bonchev–Trinajstić information content (AvgIpc) is 1.86. The van der Waals surface area contributed by atoms with Gasteiger partial charge in [0, 0.05) is 12.0 Å². The molecular formula is C6H13F2N. The van der Waals surface area contributed by atoms with Gasteiger partial charge in [-0.2, -0.15) is 0 Å². The first kappa shape index (κ1) is 8.82. The van der Waals surface area contributed by atoms with Gasteiger partial charge < -0.3 is 5.73 Å². The van der Waals surface area contributed by atoms with Crippen LogP contribution in [0.1, 0.15) is 20.3 Å². The van der Waals surface area contributed by atoms with Gasteiger partial charge >= 0.3 is 0 Å². The molecule has 0 aliphatic heterocycles. The maximum atomic E-state index is 12.0. The highest BCUT2D eigenvalue weighted by atomic mass is 19.3. The molecular weight excluding hydrogens is 124 g/mol. The lowest BCUT2D eigenvalue weighted by atomic mass is 9.88. The van der Waals surface area contributed by atoms with Crippen LogP contribution >= 0.6 is 0 Å². The summed E-state index contributed by atoms with van der Waals surface area (Å²) in [5, 5.41) is 0. The standard InChI is InChI=1S/C6H13F2N/c1-3-6(2,4-9)5(7)8/h5H,3-4,9H2,1-2H3. The maximum Gasteiger partial charge on any atom is 0.245 e. The van der Waals surface area contributed by atoms with E-state index in [0.717, 1.165) is 0 Å². The van der Waals surface area contributed by atoms with Crippen molar-refractivity contribution >= 4 is 0 Å². The van der Waals surface area contributed by atoms with Gasteiger partial charge in [0.15, 0.2) is 0 Å². The van der Waals surface area contributed by atoms with Gasteiger partial charge in [-0.25, -0.2) is 8.78 Å².